The van der Waals surface area contributed by atoms with Crippen LogP contribution in [0.4, 0.5) is 0 Å². The van der Waals surface area contributed by atoms with E-state index in [0.717, 1.165) is 0 Å². The Morgan fingerprint density at radius 3 is 1.11 bits per heavy atom. The fraction of sp³-hybridized carbons (Fsp3) is 0.333. The summed E-state index contributed by atoms with van der Waals surface area (Å²) in [5, 5.41) is 162. The van der Waals surface area contributed by atoms with E-state index in [2.05, 4.69) is 0 Å². The fourth-order valence-corrected chi connectivity index (χ4v) is 7.72. The number of aromatic hydroxyl groups is 6. The predicted molar refractivity (Wildman–Crippen MR) is 214 cm³/mol. The van der Waals surface area contributed by atoms with Crippen molar-refractivity contribution in [2.45, 2.75) is 74.6 Å². The molecule has 0 spiro atoms. The summed E-state index contributed by atoms with van der Waals surface area (Å²) in [7, 11) is 0. The molecule has 0 aliphatic carbocycles. The van der Waals surface area contributed by atoms with Gasteiger partial charge in [0.2, 0.25) is 12.6 Å². The number of ether oxygens (including phenoxy) is 4. The van der Waals surface area contributed by atoms with Crippen molar-refractivity contribution in [1.82, 2.24) is 0 Å². The quantitative estimate of drug-likeness (QED) is 0.0862. The van der Waals surface area contributed by atoms with Gasteiger partial charge in [0.1, 0.15) is 94.8 Å². The number of aliphatic hydroxyl groups excluding tert-OH is 10. The van der Waals surface area contributed by atoms with Crippen LogP contribution in [0.3, 0.4) is 0 Å². The van der Waals surface area contributed by atoms with Crippen LogP contribution in [0.25, 0.3) is 43.1 Å². The third-order valence-corrected chi connectivity index (χ3v) is 10.9. The molecule has 0 radical (unpaired) electrons. The zero-order valence-electron chi connectivity index (χ0n) is 32.2. The van der Waals surface area contributed by atoms with E-state index in [4.69, 9.17) is 18.9 Å². The van der Waals surface area contributed by atoms with Crippen LogP contribution in [-0.2, 0) is 22.7 Å². The normalized spacial score (nSPS) is 26.4. The summed E-state index contributed by atoms with van der Waals surface area (Å²) in [6.07, 6.45) is -15.5. The summed E-state index contributed by atoms with van der Waals surface area (Å²) in [5.74, 6) is -2.30. The standard InChI is InChI=1S/2C21H22O10/c2*22-6-8-4-10-15(12(25)5-8)17(27)14-9(2-1-3-11(14)24)20(10)31-21-19(29)18(28)16(26)13(7-23)30-21/h2*1-5,13,16,18-19,21-29H,6-7H2/t2*13-,16+,18-,19-,21+/m11/s1. The van der Waals surface area contributed by atoms with Gasteiger partial charge in [-0.25, -0.2) is 0 Å². The Kier molecular flexibility index (Phi) is 12.6. The van der Waals surface area contributed by atoms with Crippen LogP contribution in [0.1, 0.15) is 11.1 Å². The molecule has 2 heterocycles. The van der Waals surface area contributed by atoms with Gasteiger partial charge in [-0.3, -0.25) is 0 Å². The first-order valence-corrected chi connectivity index (χ1v) is 19.0. The van der Waals surface area contributed by atoms with Gasteiger partial charge in [-0.2, -0.15) is 0 Å². The van der Waals surface area contributed by atoms with Crippen LogP contribution in [0.15, 0.2) is 60.7 Å². The largest absolute Gasteiger partial charge is 0.507 e. The maximum Gasteiger partial charge on any atom is 0.229 e. The molecule has 6 aromatic rings. The van der Waals surface area contributed by atoms with Gasteiger partial charge in [-0.05, 0) is 47.5 Å². The molecular weight excluding hydrogens is 824 g/mol. The summed E-state index contributed by atoms with van der Waals surface area (Å²) >= 11 is 0. The smallest absolute Gasteiger partial charge is 0.229 e. The molecule has 20 heteroatoms. The molecule has 10 atom stereocenters. The van der Waals surface area contributed by atoms with Crippen LogP contribution >= 0.6 is 0 Å². The molecule has 2 aliphatic heterocycles. The van der Waals surface area contributed by atoms with E-state index < -0.39 is 99.3 Å². The van der Waals surface area contributed by atoms with Gasteiger partial charge in [0.25, 0.3) is 0 Å². The van der Waals surface area contributed by atoms with Crippen LogP contribution < -0.4 is 9.47 Å². The molecule has 8 rings (SSSR count). The van der Waals surface area contributed by atoms with Crippen molar-refractivity contribution in [1.29, 1.82) is 0 Å². The van der Waals surface area contributed by atoms with Crippen LogP contribution in [-0.4, -0.2) is 156 Å². The lowest BCUT2D eigenvalue weighted by Gasteiger charge is -2.39. The number of benzene rings is 6. The van der Waals surface area contributed by atoms with Crippen molar-refractivity contribution in [3.63, 3.8) is 0 Å². The molecule has 0 bridgehead atoms. The van der Waals surface area contributed by atoms with Crippen molar-refractivity contribution in [3.05, 3.63) is 71.8 Å². The first-order chi connectivity index (χ1) is 29.6. The molecule has 0 amide bonds. The van der Waals surface area contributed by atoms with E-state index in [9.17, 15) is 81.7 Å². The van der Waals surface area contributed by atoms with Crippen molar-refractivity contribution < 1.29 is 101 Å². The van der Waals surface area contributed by atoms with Gasteiger partial charge in [0, 0.05) is 21.5 Å². The van der Waals surface area contributed by atoms with Crippen molar-refractivity contribution in [2.24, 2.45) is 0 Å². The number of phenols is 6. The van der Waals surface area contributed by atoms with Crippen molar-refractivity contribution in [2.75, 3.05) is 13.2 Å². The van der Waals surface area contributed by atoms with Gasteiger partial charge in [-0.1, -0.05) is 24.3 Å². The van der Waals surface area contributed by atoms with Crippen LogP contribution in [0.2, 0.25) is 0 Å². The highest BCUT2D eigenvalue weighted by atomic mass is 16.7. The van der Waals surface area contributed by atoms with Gasteiger partial charge >= 0.3 is 0 Å². The molecule has 0 saturated carbocycles. The van der Waals surface area contributed by atoms with E-state index in [1.54, 1.807) is 0 Å². The number of rotatable bonds is 8. The Morgan fingerprint density at radius 1 is 0.419 bits per heavy atom. The molecule has 0 unspecified atom stereocenters. The maximum absolute atomic E-state index is 10.7. The number of aliphatic hydroxyl groups is 10. The second-order valence-electron chi connectivity index (χ2n) is 14.8. The Bertz CT molecular complexity index is 2440. The minimum absolute atomic E-state index is 0.0337. The summed E-state index contributed by atoms with van der Waals surface area (Å²) in [6.45, 7) is -2.17. The summed E-state index contributed by atoms with van der Waals surface area (Å²) in [5.41, 5.74) is 0.588. The molecule has 2 aliphatic rings. The second-order valence-corrected chi connectivity index (χ2v) is 14.8. The van der Waals surface area contributed by atoms with Gasteiger partial charge in [0.05, 0.1) is 48.0 Å². The summed E-state index contributed by atoms with van der Waals surface area (Å²) < 4.78 is 22.5. The molecule has 332 valence electrons. The van der Waals surface area contributed by atoms with Crippen molar-refractivity contribution in [3.8, 4) is 46.0 Å². The minimum atomic E-state index is -1.70. The number of fused-ring (bicyclic) bond motifs is 4. The average molecular weight is 869 g/mol. The van der Waals surface area contributed by atoms with E-state index in [-0.39, 0.29) is 77.6 Å². The first-order valence-electron chi connectivity index (χ1n) is 19.0. The lowest BCUT2D eigenvalue weighted by atomic mass is 9.97. The zero-order chi connectivity index (χ0) is 44.9. The van der Waals surface area contributed by atoms with E-state index >= 15 is 0 Å². The van der Waals surface area contributed by atoms with E-state index in [0.29, 0.717) is 11.1 Å². The fourth-order valence-electron chi connectivity index (χ4n) is 7.72. The van der Waals surface area contributed by atoms with Gasteiger partial charge < -0.3 is 101 Å². The molecule has 16 N–H and O–H groups in total. The topological polar surface area (TPSA) is 361 Å². The Balaban J connectivity index is 0.000000186. The van der Waals surface area contributed by atoms with Crippen molar-refractivity contribution >= 4 is 43.1 Å². The van der Waals surface area contributed by atoms with Crippen LogP contribution in [0, 0.1) is 0 Å². The van der Waals surface area contributed by atoms with Crippen LogP contribution in [0.5, 0.6) is 46.0 Å². The zero-order valence-corrected chi connectivity index (χ0v) is 32.2. The number of hydrogen-bond donors (Lipinski definition) is 16. The minimum Gasteiger partial charge on any atom is -0.507 e. The van der Waals surface area contributed by atoms with Gasteiger partial charge in [-0.15, -0.1) is 0 Å². The lowest BCUT2D eigenvalue weighted by Crippen LogP contribution is -2.60. The molecule has 62 heavy (non-hydrogen) atoms. The molecular formula is C42H44O20. The molecule has 2 saturated heterocycles. The third-order valence-electron chi connectivity index (χ3n) is 10.9. The van der Waals surface area contributed by atoms with Gasteiger partial charge in [0.15, 0.2) is 0 Å². The monoisotopic (exact) mass is 868 g/mol. The SMILES string of the molecule is OCc1cc(O)c2c(O)c3c(O)cccc3c(O[C@@H]3O[C@H](CO)[C@H](O)[C@@H](O)[C@H]3O)c2c1.OCc1cc(O)c2c(O)c3c(O)cccc3c(O[C@@H]3O[C@H](CO)[C@H](O)[C@@H](O)[C@H]3O)c2c1. The Hall–Kier alpha value is -5.72. The maximum atomic E-state index is 10.7. The average Bonchev–Trinajstić information content (AvgIpc) is 3.25. The Labute approximate surface area is 348 Å². The highest BCUT2D eigenvalue weighted by Crippen LogP contribution is 2.51. The molecule has 2 fully saturated rings. The predicted octanol–water partition coefficient (Wildman–Crippen LogP) is -0.438. The summed E-state index contributed by atoms with van der Waals surface area (Å²) in [6, 6.07) is 14.0. The second kappa shape index (κ2) is 17.6. The highest BCUT2D eigenvalue weighted by Gasteiger charge is 2.46. The number of hydrogen-bond acceptors (Lipinski definition) is 20. The molecule has 20 nitrogen and oxygen atoms in total. The lowest BCUT2D eigenvalue weighted by molar-refractivity contribution is -0.277. The third kappa shape index (κ3) is 7.61. The molecule has 0 aromatic heterocycles. The van der Waals surface area contributed by atoms with E-state index in [1.807, 2.05) is 0 Å². The highest BCUT2D eigenvalue weighted by molar-refractivity contribution is 6.16. The number of phenolic OH excluding ortho intramolecular Hbond substituents is 6. The molecule has 6 aromatic carbocycles. The van der Waals surface area contributed by atoms with E-state index in [1.165, 1.54) is 60.7 Å². The first kappa shape index (κ1) is 44.3. The summed E-state index contributed by atoms with van der Waals surface area (Å²) in [4.78, 5) is 0. The Morgan fingerprint density at radius 2 is 0.774 bits per heavy atom.